The van der Waals surface area contributed by atoms with E-state index < -0.39 is 12.3 Å². The van der Waals surface area contributed by atoms with Crippen LogP contribution in [0, 0.1) is 6.92 Å². The van der Waals surface area contributed by atoms with Gasteiger partial charge in [-0.1, -0.05) is 24.3 Å². The zero-order valence-corrected chi connectivity index (χ0v) is 10.2. The lowest BCUT2D eigenvalue weighted by Gasteiger charge is -2.28. The van der Waals surface area contributed by atoms with Crippen molar-refractivity contribution in [3.63, 3.8) is 0 Å². The molecule has 1 heterocycles. The lowest BCUT2D eigenvalue weighted by atomic mass is 9.93. The van der Waals surface area contributed by atoms with Gasteiger partial charge in [0.1, 0.15) is 6.17 Å². The minimum Gasteiger partial charge on any atom is -0.388 e. The van der Waals surface area contributed by atoms with Crippen LogP contribution in [0.2, 0.25) is 0 Å². The van der Waals surface area contributed by atoms with E-state index in [0.29, 0.717) is 25.8 Å². The zero-order chi connectivity index (χ0) is 12.3. The minimum atomic E-state index is -0.717. The van der Waals surface area contributed by atoms with Crippen LogP contribution in [0.4, 0.5) is 4.39 Å². The number of hydrogen-bond donors (Lipinski definition) is 2. The number of aryl methyl sites for hydroxylation is 1. The largest absolute Gasteiger partial charge is 0.388 e. The third-order valence-electron chi connectivity index (χ3n) is 3.49. The lowest BCUT2D eigenvalue weighted by molar-refractivity contribution is 0.127. The lowest BCUT2D eigenvalue weighted by Crippen LogP contribution is -2.39. The molecule has 0 aliphatic carbocycles. The van der Waals surface area contributed by atoms with Gasteiger partial charge in [0.15, 0.2) is 0 Å². The second-order valence-corrected chi connectivity index (χ2v) is 4.88. The molecule has 0 amide bonds. The van der Waals surface area contributed by atoms with Crippen LogP contribution in [0.3, 0.4) is 0 Å². The van der Waals surface area contributed by atoms with Crippen molar-refractivity contribution < 1.29 is 9.50 Å². The second-order valence-electron chi connectivity index (χ2n) is 4.88. The maximum Gasteiger partial charge on any atom is 0.103 e. The third-order valence-corrected chi connectivity index (χ3v) is 3.49. The summed E-state index contributed by atoms with van der Waals surface area (Å²) in [6, 6.07) is 7.91. The summed E-state index contributed by atoms with van der Waals surface area (Å²) in [5.74, 6) is 0. The molecular weight excluding hydrogens is 217 g/mol. The molecule has 1 aliphatic rings. The summed E-state index contributed by atoms with van der Waals surface area (Å²) in [5, 5.41) is 13.4. The molecule has 0 radical (unpaired) electrons. The van der Waals surface area contributed by atoms with Gasteiger partial charge in [-0.15, -0.1) is 0 Å². The Hall–Kier alpha value is -0.930. The summed E-state index contributed by atoms with van der Waals surface area (Å²) in [5.41, 5.74) is 2.04. The molecule has 94 valence electrons. The summed E-state index contributed by atoms with van der Waals surface area (Å²) in [7, 11) is 0. The number of nitrogens with one attached hydrogen (secondary N) is 1. The highest BCUT2D eigenvalue weighted by Gasteiger charge is 2.24. The number of piperidine rings is 1. The maximum absolute atomic E-state index is 13.2. The molecule has 1 fully saturated rings. The molecule has 3 atom stereocenters. The van der Waals surface area contributed by atoms with Gasteiger partial charge in [0.05, 0.1) is 6.10 Å². The Morgan fingerprint density at radius 3 is 2.94 bits per heavy atom. The van der Waals surface area contributed by atoms with Gasteiger partial charge in [0.25, 0.3) is 0 Å². The zero-order valence-electron chi connectivity index (χ0n) is 10.2. The fraction of sp³-hybridized carbons (Fsp3) is 0.571. The molecular formula is C14H20FNO. The van der Waals surface area contributed by atoms with E-state index in [9.17, 15) is 9.50 Å². The van der Waals surface area contributed by atoms with Crippen molar-refractivity contribution in [2.75, 3.05) is 6.54 Å². The van der Waals surface area contributed by atoms with Crippen molar-refractivity contribution in [2.45, 2.75) is 44.5 Å². The number of aliphatic hydroxyl groups excluding tert-OH is 1. The average molecular weight is 237 g/mol. The summed E-state index contributed by atoms with van der Waals surface area (Å²) >= 11 is 0. The Morgan fingerprint density at radius 1 is 1.47 bits per heavy atom. The Morgan fingerprint density at radius 2 is 2.24 bits per heavy atom. The van der Waals surface area contributed by atoms with Crippen molar-refractivity contribution in [3.8, 4) is 0 Å². The van der Waals surface area contributed by atoms with Crippen LogP contribution in [0.1, 0.15) is 36.5 Å². The maximum atomic E-state index is 13.2. The summed E-state index contributed by atoms with van der Waals surface area (Å²) in [4.78, 5) is 0. The van der Waals surface area contributed by atoms with Crippen LogP contribution in [-0.4, -0.2) is 23.9 Å². The summed E-state index contributed by atoms with van der Waals surface area (Å²) in [6.45, 7) is 2.71. The molecule has 0 saturated carbocycles. The van der Waals surface area contributed by atoms with Crippen molar-refractivity contribution in [3.05, 3.63) is 35.4 Å². The minimum absolute atomic E-state index is 0.0911. The predicted molar refractivity (Wildman–Crippen MR) is 66.7 cm³/mol. The first-order chi connectivity index (χ1) is 8.16. The number of halogens is 1. The van der Waals surface area contributed by atoms with Crippen LogP contribution in [0.25, 0.3) is 0 Å². The number of benzene rings is 1. The van der Waals surface area contributed by atoms with Crippen LogP contribution in [-0.2, 0) is 0 Å². The Kier molecular flexibility index (Phi) is 4.13. The van der Waals surface area contributed by atoms with Crippen molar-refractivity contribution in [2.24, 2.45) is 0 Å². The first-order valence-electron chi connectivity index (χ1n) is 6.28. The number of alkyl halides is 1. The molecule has 2 nitrogen and oxygen atoms in total. The monoisotopic (exact) mass is 237 g/mol. The van der Waals surface area contributed by atoms with Gasteiger partial charge in [-0.3, -0.25) is 0 Å². The molecule has 1 aliphatic heterocycles. The molecule has 0 spiro atoms. The van der Waals surface area contributed by atoms with Gasteiger partial charge < -0.3 is 10.4 Å². The molecule has 0 bridgehead atoms. The molecule has 17 heavy (non-hydrogen) atoms. The topological polar surface area (TPSA) is 32.3 Å². The standard InChI is InChI=1S/C14H20FNO/c1-10-4-2-3-5-13(10)14(17)9-12-8-11(15)6-7-16-12/h2-5,11-12,14,16-17H,6-9H2,1H3/t11-,12+,14+/m1/s1. The average Bonchev–Trinajstić information content (AvgIpc) is 2.29. The SMILES string of the molecule is Cc1ccccc1[C@@H](O)C[C@@H]1C[C@H](F)CCN1. The Balaban J connectivity index is 1.97. The van der Waals surface area contributed by atoms with E-state index in [4.69, 9.17) is 0 Å². The van der Waals surface area contributed by atoms with Crippen molar-refractivity contribution in [1.82, 2.24) is 5.32 Å². The van der Waals surface area contributed by atoms with E-state index in [0.717, 1.165) is 11.1 Å². The summed E-state index contributed by atoms with van der Waals surface area (Å²) < 4.78 is 13.2. The quantitative estimate of drug-likeness (QED) is 0.846. The van der Waals surface area contributed by atoms with Crippen molar-refractivity contribution >= 4 is 0 Å². The van der Waals surface area contributed by atoms with Gasteiger partial charge in [0, 0.05) is 6.04 Å². The van der Waals surface area contributed by atoms with E-state index >= 15 is 0 Å². The highest BCUT2D eigenvalue weighted by atomic mass is 19.1. The van der Waals surface area contributed by atoms with Gasteiger partial charge in [0.2, 0.25) is 0 Å². The molecule has 2 rings (SSSR count). The smallest absolute Gasteiger partial charge is 0.103 e. The van der Waals surface area contributed by atoms with Crippen LogP contribution < -0.4 is 5.32 Å². The highest BCUT2D eigenvalue weighted by molar-refractivity contribution is 5.27. The molecule has 1 saturated heterocycles. The van der Waals surface area contributed by atoms with Crippen LogP contribution in [0.15, 0.2) is 24.3 Å². The van der Waals surface area contributed by atoms with Crippen LogP contribution >= 0.6 is 0 Å². The first kappa shape index (κ1) is 12.5. The number of aliphatic hydroxyl groups is 1. The third kappa shape index (κ3) is 3.27. The fourth-order valence-electron chi connectivity index (χ4n) is 2.49. The predicted octanol–water partition coefficient (Wildman–Crippen LogP) is 2.51. The number of rotatable bonds is 3. The molecule has 3 heteroatoms. The fourth-order valence-corrected chi connectivity index (χ4v) is 2.49. The molecule has 1 aromatic rings. The van der Waals surface area contributed by atoms with Gasteiger partial charge in [-0.25, -0.2) is 4.39 Å². The van der Waals surface area contributed by atoms with E-state index in [2.05, 4.69) is 5.32 Å². The van der Waals surface area contributed by atoms with E-state index in [1.165, 1.54) is 0 Å². The molecule has 1 aromatic carbocycles. The normalized spacial score (nSPS) is 26.8. The van der Waals surface area contributed by atoms with Crippen LogP contribution in [0.5, 0.6) is 0 Å². The van der Waals surface area contributed by atoms with Gasteiger partial charge in [-0.05, 0) is 43.9 Å². The van der Waals surface area contributed by atoms with Gasteiger partial charge in [-0.2, -0.15) is 0 Å². The van der Waals surface area contributed by atoms with Gasteiger partial charge >= 0.3 is 0 Å². The Bertz CT molecular complexity index is 369. The highest BCUT2D eigenvalue weighted by Crippen LogP contribution is 2.25. The van der Waals surface area contributed by atoms with Crippen molar-refractivity contribution in [1.29, 1.82) is 0 Å². The van der Waals surface area contributed by atoms with E-state index in [1.54, 1.807) is 0 Å². The summed E-state index contributed by atoms with van der Waals surface area (Å²) in [6.07, 6.45) is 0.481. The van der Waals surface area contributed by atoms with E-state index in [1.807, 2.05) is 31.2 Å². The number of hydrogen-bond acceptors (Lipinski definition) is 2. The first-order valence-corrected chi connectivity index (χ1v) is 6.28. The Labute approximate surface area is 102 Å². The molecule has 0 aromatic heterocycles. The molecule has 0 unspecified atom stereocenters. The van der Waals surface area contributed by atoms with E-state index in [-0.39, 0.29) is 6.04 Å². The second kappa shape index (κ2) is 5.61. The molecule has 2 N–H and O–H groups in total.